The summed E-state index contributed by atoms with van der Waals surface area (Å²) in [7, 11) is 0. The van der Waals surface area contributed by atoms with Crippen LogP contribution in [-0.4, -0.2) is 25.5 Å². The fourth-order valence-electron chi connectivity index (χ4n) is 4.92. The van der Waals surface area contributed by atoms with Gasteiger partial charge in [-0.15, -0.1) is 0 Å². The molecule has 5 rings (SSSR count). The summed E-state index contributed by atoms with van der Waals surface area (Å²) in [6.45, 7) is 1.96. The maximum Gasteiger partial charge on any atom is 0.139 e. The second-order valence-corrected chi connectivity index (χ2v) is 8.57. The first-order chi connectivity index (χ1) is 15.2. The van der Waals surface area contributed by atoms with Crippen LogP contribution in [0.2, 0.25) is 0 Å². The maximum absolute atomic E-state index is 12.9. The molecule has 156 valence electrons. The molecule has 0 amide bonds. The SMILES string of the molecule is Cc1cc(-n2ncc3cc(CC(=O)C[C@H]4CCC[C@H]4c4ccccc4)ncc32)ccn1. The predicted octanol–water partition coefficient (Wildman–Crippen LogP) is 5.21. The molecule has 5 heteroatoms. The first-order valence-electron chi connectivity index (χ1n) is 11.0. The summed E-state index contributed by atoms with van der Waals surface area (Å²) in [5.41, 5.74) is 5.02. The third-order valence-electron chi connectivity index (χ3n) is 6.39. The molecule has 3 aromatic heterocycles. The number of rotatable bonds is 6. The number of benzene rings is 1. The van der Waals surface area contributed by atoms with Crippen molar-refractivity contribution in [3.05, 3.63) is 84.1 Å². The third-order valence-corrected chi connectivity index (χ3v) is 6.39. The van der Waals surface area contributed by atoms with Gasteiger partial charge in [0, 0.05) is 35.8 Å². The van der Waals surface area contributed by atoms with E-state index >= 15 is 0 Å². The lowest BCUT2D eigenvalue weighted by Gasteiger charge is -2.19. The van der Waals surface area contributed by atoms with Crippen LogP contribution in [0.1, 0.15) is 48.6 Å². The fourth-order valence-corrected chi connectivity index (χ4v) is 4.92. The zero-order valence-electron chi connectivity index (χ0n) is 17.7. The number of ketones is 1. The second-order valence-electron chi connectivity index (χ2n) is 8.57. The minimum Gasteiger partial charge on any atom is -0.299 e. The van der Waals surface area contributed by atoms with Gasteiger partial charge < -0.3 is 0 Å². The Bertz CT molecular complexity index is 1210. The zero-order chi connectivity index (χ0) is 21.2. The second kappa shape index (κ2) is 8.42. The Hall–Kier alpha value is -3.34. The van der Waals surface area contributed by atoms with Crippen molar-refractivity contribution in [2.45, 2.75) is 44.9 Å². The molecule has 0 N–H and O–H groups in total. The van der Waals surface area contributed by atoms with Crippen LogP contribution in [0.5, 0.6) is 0 Å². The normalized spacial score (nSPS) is 18.5. The largest absolute Gasteiger partial charge is 0.299 e. The molecule has 1 aliphatic rings. The van der Waals surface area contributed by atoms with Crippen molar-refractivity contribution < 1.29 is 4.79 Å². The molecule has 31 heavy (non-hydrogen) atoms. The summed E-state index contributed by atoms with van der Waals surface area (Å²) in [6, 6.07) is 16.6. The Kier molecular flexibility index (Phi) is 5.33. The monoisotopic (exact) mass is 410 g/mol. The molecule has 1 fully saturated rings. The van der Waals surface area contributed by atoms with E-state index in [2.05, 4.69) is 45.4 Å². The summed E-state index contributed by atoms with van der Waals surface area (Å²) in [4.78, 5) is 21.7. The lowest BCUT2D eigenvalue weighted by molar-refractivity contribution is -0.119. The minimum absolute atomic E-state index is 0.275. The first-order valence-corrected chi connectivity index (χ1v) is 11.0. The van der Waals surface area contributed by atoms with E-state index in [1.807, 2.05) is 42.2 Å². The average Bonchev–Trinajstić information content (AvgIpc) is 3.41. The van der Waals surface area contributed by atoms with Crippen molar-refractivity contribution in [2.24, 2.45) is 5.92 Å². The van der Waals surface area contributed by atoms with E-state index in [-0.39, 0.29) is 5.78 Å². The summed E-state index contributed by atoms with van der Waals surface area (Å²) < 4.78 is 1.87. The van der Waals surface area contributed by atoms with Crippen LogP contribution >= 0.6 is 0 Å². The van der Waals surface area contributed by atoms with Gasteiger partial charge in [-0.05, 0) is 55.4 Å². The Balaban J connectivity index is 1.30. The molecule has 0 spiro atoms. The smallest absolute Gasteiger partial charge is 0.139 e. The molecule has 1 aromatic carbocycles. The van der Waals surface area contributed by atoms with Crippen LogP contribution in [-0.2, 0) is 11.2 Å². The molecular formula is C26H26N4O. The van der Waals surface area contributed by atoms with Crippen molar-refractivity contribution >= 4 is 16.7 Å². The van der Waals surface area contributed by atoms with Gasteiger partial charge >= 0.3 is 0 Å². The predicted molar refractivity (Wildman–Crippen MR) is 121 cm³/mol. The van der Waals surface area contributed by atoms with Crippen molar-refractivity contribution in [1.29, 1.82) is 0 Å². The van der Waals surface area contributed by atoms with E-state index in [1.165, 1.54) is 18.4 Å². The Morgan fingerprint density at radius 1 is 1.06 bits per heavy atom. The highest BCUT2D eigenvalue weighted by molar-refractivity contribution is 5.84. The van der Waals surface area contributed by atoms with E-state index < -0.39 is 0 Å². The van der Waals surface area contributed by atoms with Gasteiger partial charge in [-0.2, -0.15) is 5.10 Å². The van der Waals surface area contributed by atoms with Gasteiger partial charge in [0.1, 0.15) is 5.78 Å². The zero-order valence-corrected chi connectivity index (χ0v) is 17.7. The molecule has 4 aromatic rings. The van der Waals surface area contributed by atoms with Gasteiger partial charge in [0.25, 0.3) is 0 Å². The lowest BCUT2D eigenvalue weighted by atomic mass is 9.85. The molecular weight excluding hydrogens is 384 g/mol. The number of carbonyl (C=O) groups is 1. The Morgan fingerprint density at radius 3 is 2.77 bits per heavy atom. The number of Topliss-reactive ketones (excluding diaryl/α,β-unsaturated/α-hetero) is 1. The number of aromatic nitrogens is 4. The molecule has 0 aliphatic heterocycles. The van der Waals surface area contributed by atoms with Crippen molar-refractivity contribution in [3.8, 4) is 5.69 Å². The topological polar surface area (TPSA) is 60.7 Å². The van der Waals surface area contributed by atoms with Crippen LogP contribution < -0.4 is 0 Å². The third kappa shape index (κ3) is 4.13. The molecule has 0 saturated heterocycles. The van der Waals surface area contributed by atoms with Gasteiger partial charge in [-0.3, -0.25) is 14.8 Å². The summed E-state index contributed by atoms with van der Waals surface area (Å²) >= 11 is 0. The van der Waals surface area contributed by atoms with E-state index in [9.17, 15) is 4.79 Å². The van der Waals surface area contributed by atoms with E-state index in [1.54, 1.807) is 6.20 Å². The molecule has 0 radical (unpaired) electrons. The van der Waals surface area contributed by atoms with Crippen LogP contribution in [0.15, 0.2) is 67.1 Å². The van der Waals surface area contributed by atoms with Crippen molar-refractivity contribution in [2.75, 3.05) is 0 Å². The number of hydrogen-bond donors (Lipinski definition) is 0. The minimum atomic E-state index is 0.275. The van der Waals surface area contributed by atoms with E-state index in [4.69, 9.17) is 0 Å². The number of fused-ring (bicyclic) bond motifs is 1. The number of hydrogen-bond acceptors (Lipinski definition) is 4. The van der Waals surface area contributed by atoms with E-state index in [0.29, 0.717) is 24.7 Å². The highest BCUT2D eigenvalue weighted by Gasteiger charge is 2.30. The molecule has 5 nitrogen and oxygen atoms in total. The van der Waals surface area contributed by atoms with Gasteiger partial charge in [-0.25, -0.2) is 4.68 Å². The Morgan fingerprint density at radius 2 is 1.94 bits per heavy atom. The molecule has 0 bridgehead atoms. The molecule has 0 unspecified atom stereocenters. The number of aryl methyl sites for hydroxylation is 1. The van der Waals surface area contributed by atoms with Crippen molar-refractivity contribution in [3.63, 3.8) is 0 Å². The number of nitrogens with zero attached hydrogens (tertiary/aromatic N) is 4. The summed E-state index contributed by atoms with van der Waals surface area (Å²) in [5, 5.41) is 5.51. The number of carbonyl (C=O) groups excluding carboxylic acids is 1. The Labute approximate surface area is 182 Å². The maximum atomic E-state index is 12.9. The standard InChI is InChI=1S/C26H26N4O/c1-18-12-23(10-11-27-18)30-26-17-28-22(13-21(26)16-29-30)15-24(31)14-20-8-5-9-25(20)19-6-3-2-4-7-19/h2-4,6-7,10-13,16-17,20,25H,5,8-9,14-15H2,1H3/t20-,25+/m1/s1. The summed E-state index contributed by atoms with van der Waals surface area (Å²) in [6.07, 6.45) is 9.98. The van der Waals surface area contributed by atoms with Gasteiger partial charge in [0.2, 0.25) is 0 Å². The van der Waals surface area contributed by atoms with Crippen LogP contribution in [0.4, 0.5) is 0 Å². The molecule has 1 saturated carbocycles. The highest BCUT2D eigenvalue weighted by atomic mass is 16.1. The average molecular weight is 411 g/mol. The van der Waals surface area contributed by atoms with E-state index in [0.717, 1.165) is 34.4 Å². The first kappa shape index (κ1) is 19.6. The summed E-state index contributed by atoms with van der Waals surface area (Å²) in [5.74, 6) is 1.22. The van der Waals surface area contributed by atoms with Gasteiger partial charge in [-0.1, -0.05) is 36.8 Å². The quantitative estimate of drug-likeness (QED) is 0.438. The molecule has 2 atom stereocenters. The highest BCUT2D eigenvalue weighted by Crippen LogP contribution is 2.41. The fraction of sp³-hybridized carbons (Fsp3) is 0.308. The molecule has 1 aliphatic carbocycles. The van der Waals surface area contributed by atoms with Gasteiger partial charge in [0.15, 0.2) is 0 Å². The van der Waals surface area contributed by atoms with Crippen LogP contribution in [0, 0.1) is 12.8 Å². The number of pyridine rings is 2. The van der Waals surface area contributed by atoms with Crippen LogP contribution in [0.3, 0.4) is 0 Å². The van der Waals surface area contributed by atoms with Gasteiger partial charge in [0.05, 0.1) is 23.6 Å². The van der Waals surface area contributed by atoms with Crippen LogP contribution in [0.25, 0.3) is 16.6 Å². The lowest BCUT2D eigenvalue weighted by Crippen LogP contribution is -2.14. The van der Waals surface area contributed by atoms with Crippen molar-refractivity contribution in [1.82, 2.24) is 19.7 Å². The molecule has 3 heterocycles.